The molecule has 130 valence electrons. The quantitative estimate of drug-likeness (QED) is 0.644. The molecule has 0 aliphatic rings. The first-order chi connectivity index (χ1) is 12.7. The van der Waals surface area contributed by atoms with Gasteiger partial charge in [-0.25, -0.2) is 19.6 Å². The molecule has 0 saturated carbocycles. The molecule has 3 aromatic rings. The lowest BCUT2D eigenvalue weighted by molar-refractivity contribution is 0.0462. The topological polar surface area (TPSA) is 104 Å². The van der Waals surface area contributed by atoms with Crippen molar-refractivity contribution in [1.82, 2.24) is 19.9 Å². The normalized spacial score (nSPS) is 10.2. The summed E-state index contributed by atoms with van der Waals surface area (Å²) in [6.07, 6.45) is 5.63. The summed E-state index contributed by atoms with van der Waals surface area (Å²) in [5, 5.41) is 0. The summed E-state index contributed by atoms with van der Waals surface area (Å²) in [5.41, 5.74) is 2.22. The summed E-state index contributed by atoms with van der Waals surface area (Å²) in [4.78, 5) is 39.5. The van der Waals surface area contributed by atoms with Crippen LogP contribution in [-0.2, 0) is 16.1 Å². The minimum Gasteiger partial charge on any atom is -0.464 e. The van der Waals surface area contributed by atoms with E-state index in [0.717, 1.165) is 29.3 Å². The van der Waals surface area contributed by atoms with Gasteiger partial charge in [-0.05, 0) is 18.2 Å². The number of carbonyl (C=O) groups is 2. The van der Waals surface area contributed by atoms with Crippen molar-refractivity contribution < 1.29 is 19.1 Å². The molecule has 0 radical (unpaired) electrons. The molecule has 3 aromatic heterocycles. The SMILES string of the molecule is COC(=O)c1cnc(C(=O)OCc2ccc(-c3ccccn3)nc2)cn1. The van der Waals surface area contributed by atoms with Crippen LogP contribution in [0.5, 0.6) is 0 Å². The van der Waals surface area contributed by atoms with Crippen LogP contribution in [-0.4, -0.2) is 39.0 Å². The first kappa shape index (κ1) is 17.2. The Morgan fingerprint density at radius 1 is 0.846 bits per heavy atom. The van der Waals surface area contributed by atoms with E-state index in [0.29, 0.717) is 0 Å². The second-order valence-corrected chi connectivity index (χ2v) is 5.12. The van der Waals surface area contributed by atoms with Crippen LogP contribution < -0.4 is 0 Å². The fraction of sp³-hybridized carbons (Fsp3) is 0.111. The Hall–Kier alpha value is -3.68. The van der Waals surface area contributed by atoms with Gasteiger partial charge in [-0.1, -0.05) is 12.1 Å². The minimum absolute atomic E-state index is 0.00396. The van der Waals surface area contributed by atoms with Crippen molar-refractivity contribution in [3.05, 3.63) is 72.1 Å². The van der Waals surface area contributed by atoms with Crippen molar-refractivity contribution in [3.63, 3.8) is 0 Å². The van der Waals surface area contributed by atoms with Gasteiger partial charge in [0.05, 0.1) is 30.9 Å². The largest absolute Gasteiger partial charge is 0.464 e. The van der Waals surface area contributed by atoms with E-state index in [9.17, 15) is 9.59 Å². The molecule has 0 aliphatic heterocycles. The number of carbonyl (C=O) groups excluding carboxylic acids is 2. The highest BCUT2D eigenvalue weighted by Crippen LogP contribution is 2.14. The summed E-state index contributed by atoms with van der Waals surface area (Å²) in [5.74, 6) is -1.28. The fourth-order valence-corrected chi connectivity index (χ4v) is 2.04. The molecule has 0 aliphatic carbocycles. The van der Waals surface area contributed by atoms with Crippen LogP contribution in [0.15, 0.2) is 55.1 Å². The van der Waals surface area contributed by atoms with Gasteiger partial charge in [0.1, 0.15) is 6.61 Å². The highest BCUT2D eigenvalue weighted by molar-refractivity contribution is 5.89. The molecule has 0 amide bonds. The van der Waals surface area contributed by atoms with E-state index in [1.807, 2.05) is 18.2 Å². The third-order valence-corrected chi connectivity index (χ3v) is 3.38. The van der Waals surface area contributed by atoms with Gasteiger partial charge in [0, 0.05) is 18.0 Å². The molecular formula is C18H14N4O4. The Balaban J connectivity index is 1.60. The standard InChI is InChI=1S/C18H14N4O4/c1-25-17(23)15-9-22-16(10-21-15)18(24)26-11-12-5-6-14(20-8-12)13-4-2-3-7-19-13/h2-10H,11H2,1H3. The van der Waals surface area contributed by atoms with Gasteiger partial charge < -0.3 is 9.47 Å². The predicted octanol–water partition coefficient (Wildman–Crippen LogP) is 2.08. The maximum absolute atomic E-state index is 12.0. The number of aromatic nitrogens is 4. The summed E-state index contributed by atoms with van der Waals surface area (Å²) < 4.78 is 9.69. The number of hydrogen-bond donors (Lipinski definition) is 0. The molecule has 0 N–H and O–H groups in total. The van der Waals surface area contributed by atoms with E-state index >= 15 is 0 Å². The zero-order valence-electron chi connectivity index (χ0n) is 13.8. The molecular weight excluding hydrogens is 336 g/mol. The van der Waals surface area contributed by atoms with Crippen LogP contribution >= 0.6 is 0 Å². The minimum atomic E-state index is -0.650. The number of nitrogens with zero attached hydrogens (tertiary/aromatic N) is 4. The number of methoxy groups -OCH3 is 1. The molecule has 0 unspecified atom stereocenters. The van der Waals surface area contributed by atoms with Gasteiger partial charge in [-0.15, -0.1) is 0 Å². The van der Waals surface area contributed by atoms with Gasteiger partial charge >= 0.3 is 11.9 Å². The van der Waals surface area contributed by atoms with Crippen LogP contribution in [0.4, 0.5) is 0 Å². The van der Waals surface area contributed by atoms with E-state index in [-0.39, 0.29) is 18.0 Å². The Kier molecular flexibility index (Phi) is 5.23. The van der Waals surface area contributed by atoms with Crippen molar-refractivity contribution in [2.75, 3.05) is 7.11 Å². The third kappa shape index (κ3) is 4.04. The first-order valence-electron chi connectivity index (χ1n) is 7.61. The Labute approximate surface area is 148 Å². The van der Waals surface area contributed by atoms with Crippen molar-refractivity contribution in [2.24, 2.45) is 0 Å². The molecule has 8 heteroatoms. The number of hydrogen-bond acceptors (Lipinski definition) is 8. The lowest BCUT2D eigenvalue weighted by Gasteiger charge is -2.05. The average Bonchev–Trinajstić information content (AvgIpc) is 2.72. The summed E-state index contributed by atoms with van der Waals surface area (Å²) >= 11 is 0. The van der Waals surface area contributed by atoms with E-state index in [1.165, 1.54) is 7.11 Å². The molecule has 0 atom stereocenters. The van der Waals surface area contributed by atoms with Crippen LogP contribution in [0.25, 0.3) is 11.4 Å². The average molecular weight is 350 g/mol. The molecule has 0 fully saturated rings. The van der Waals surface area contributed by atoms with E-state index < -0.39 is 11.9 Å². The van der Waals surface area contributed by atoms with Crippen LogP contribution in [0, 0.1) is 0 Å². The van der Waals surface area contributed by atoms with Crippen molar-refractivity contribution >= 4 is 11.9 Å². The molecule has 0 spiro atoms. The van der Waals surface area contributed by atoms with Gasteiger partial charge in [-0.3, -0.25) is 9.97 Å². The van der Waals surface area contributed by atoms with Crippen LogP contribution in [0.2, 0.25) is 0 Å². The maximum atomic E-state index is 12.0. The number of rotatable bonds is 5. The lowest BCUT2D eigenvalue weighted by Crippen LogP contribution is -2.11. The first-order valence-corrected chi connectivity index (χ1v) is 7.61. The van der Waals surface area contributed by atoms with Crippen molar-refractivity contribution in [1.29, 1.82) is 0 Å². The smallest absolute Gasteiger partial charge is 0.358 e. The van der Waals surface area contributed by atoms with Gasteiger partial charge in [0.25, 0.3) is 0 Å². The number of esters is 2. The Morgan fingerprint density at radius 2 is 1.58 bits per heavy atom. The lowest BCUT2D eigenvalue weighted by atomic mass is 10.2. The van der Waals surface area contributed by atoms with Crippen LogP contribution in [0.1, 0.15) is 26.5 Å². The van der Waals surface area contributed by atoms with E-state index in [2.05, 4.69) is 24.7 Å². The van der Waals surface area contributed by atoms with Gasteiger partial charge in [0.15, 0.2) is 11.4 Å². The molecule has 0 saturated heterocycles. The second-order valence-electron chi connectivity index (χ2n) is 5.12. The van der Waals surface area contributed by atoms with Gasteiger partial charge in [0.2, 0.25) is 0 Å². The Morgan fingerprint density at radius 3 is 2.15 bits per heavy atom. The van der Waals surface area contributed by atoms with E-state index in [4.69, 9.17) is 4.74 Å². The molecule has 3 rings (SSSR count). The zero-order chi connectivity index (χ0) is 18.4. The summed E-state index contributed by atoms with van der Waals surface area (Å²) in [6, 6.07) is 9.18. The molecule has 8 nitrogen and oxygen atoms in total. The highest BCUT2D eigenvalue weighted by Gasteiger charge is 2.13. The van der Waals surface area contributed by atoms with Crippen LogP contribution in [0.3, 0.4) is 0 Å². The second kappa shape index (κ2) is 7.93. The summed E-state index contributed by atoms with van der Waals surface area (Å²) in [6.45, 7) is 0.0365. The molecule has 26 heavy (non-hydrogen) atoms. The molecule has 3 heterocycles. The number of pyridine rings is 2. The zero-order valence-corrected chi connectivity index (χ0v) is 13.8. The van der Waals surface area contributed by atoms with Crippen molar-refractivity contribution in [3.8, 4) is 11.4 Å². The highest BCUT2D eigenvalue weighted by atomic mass is 16.5. The molecule has 0 aromatic carbocycles. The summed E-state index contributed by atoms with van der Waals surface area (Å²) in [7, 11) is 1.24. The monoisotopic (exact) mass is 350 g/mol. The maximum Gasteiger partial charge on any atom is 0.358 e. The number of ether oxygens (including phenoxy) is 2. The van der Waals surface area contributed by atoms with Crippen molar-refractivity contribution in [2.45, 2.75) is 6.61 Å². The Bertz CT molecular complexity index is 897. The molecule has 0 bridgehead atoms. The third-order valence-electron chi connectivity index (χ3n) is 3.38. The van der Waals surface area contributed by atoms with E-state index in [1.54, 1.807) is 24.5 Å². The fourth-order valence-electron chi connectivity index (χ4n) is 2.04. The predicted molar refractivity (Wildman–Crippen MR) is 90.0 cm³/mol. The van der Waals surface area contributed by atoms with Gasteiger partial charge in [-0.2, -0.15) is 0 Å².